The highest BCUT2D eigenvalue weighted by Gasteiger charge is 2.15. The van der Waals surface area contributed by atoms with Gasteiger partial charge in [0, 0.05) is 33.3 Å². The van der Waals surface area contributed by atoms with E-state index in [4.69, 9.17) is 14.6 Å². The van der Waals surface area contributed by atoms with Crippen molar-refractivity contribution in [1.82, 2.24) is 5.32 Å². The molecule has 0 aliphatic carbocycles. The number of rotatable bonds is 11. The van der Waals surface area contributed by atoms with E-state index in [1.807, 2.05) is 13.8 Å². The molecule has 0 bridgehead atoms. The van der Waals surface area contributed by atoms with Crippen molar-refractivity contribution in [2.45, 2.75) is 45.1 Å². The fraction of sp³-hybridized carbons (Fsp3) is 0.846. The van der Waals surface area contributed by atoms with Crippen molar-refractivity contribution in [3.63, 3.8) is 0 Å². The minimum Gasteiger partial charge on any atom is -0.481 e. The number of aliphatic carboxylic acids is 1. The maximum absolute atomic E-state index is 11.2. The normalized spacial score (nSPS) is 11.3. The first kappa shape index (κ1) is 17.9. The Bertz CT molecular complexity index is 278. The Morgan fingerprint density at radius 2 is 1.89 bits per heavy atom. The van der Waals surface area contributed by atoms with Crippen molar-refractivity contribution in [2.75, 3.05) is 26.9 Å². The summed E-state index contributed by atoms with van der Waals surface area (Å²) in [5, 5.41) is 11.1. The van der Waals surface area contributed by atoms with E-state index >= 15 is 0 Å². The molecule has 0 fully saturated rings. The van der Waals surface area contributed by atoms with Crippen LogP contribution in [0.1, 0.15) is 39.5 Å². The van der Waals surface area contributed by atoms with E-state index in [2.05, 4.69) is 5.32 Å². The van der Waals surface area contributed by atoms with Gasteiger partial charge in [0.1, 0.15) is 0 Å². The summed E-state index contributed by atoms with van der Waals surface area (Å²) in [4.78, 5) is 21.4. The minimum absolute atomic E-state index is 0.0260. The molecule has 1 amide bonds. The Balaban J connectivity index is 3.36. The Kier molecular flexibility index (Phi) is 9.16. The molecule has 0 spiro atoms. The Labute approximate surface area is 114 Å². The monoisotopic (exact) mass is 275 g/mol. The number of carboxylic acids is 1. The molecule has 0 heterocycles. The second kappa shape index (κ2) is 9.75. The van der Waals surface area contributed by atoms with Crippen molar-refractivity contribution >= 4 is 11.9 Å². The molecule has 0 aliphatic heterocycles. The van der Waals surface area contributed by atoms with Crippen LogP contribution in [0.25, 0.3) is 0 Å². The number of amides is 1. The topological polar surface area (TPSA) is 84.9 Å². The van der Waals surface area contributed by atoms with Gasteiger partial charge in [-0.3, -0.25) is 9.59 Å². The second-order valence-electron chi connectivity index (χ2n) is 4.92. The molecule has 0 aromatic rings. The van der Waals surface area contributed by atoms with Crippen LogP contribution in [0.4, 0.5) is 0 Å². The van der Waals surface area contributed by atoms with Gasteiger partial charge in [0.05, 0.1) is 12.0 Å². The van der Waals surface area contributed by atoms with E-state index in [1.54, 1.807) is 7.11 Å². The van der Waals surface area contributed by atoms with E-state index < -0.39 is 5.97 Å². The number of ether oxygens (including phenoxy) is 2. The lowest BCUT2D eigenvalue weighted by Gasteiger charge is -2.22. The van der Waals surface area contributed by atoms with E-state index in [0.717, 1.165) is 6.42 Å². The summed E-state index contributed by atoms with van der Waals surface area (Å²) in [5.74, 6) is -1.19. The van der Waals surface area contributed by atoms with E-state index in [0.29, 0.717) is 26.2 Å². The SMILES string of the molecule is COC(C)(C)CCOCCCNC(=O)CCC(=O)O. The zero-order chi connectivity index (χ0) is 14.7. The first-order valence-electron chi connectivity index (χ1n) is 6.49. The molecule has 19 heavy (non-hydrogen) atoms. The number of carboxylic acid groups (broad SMARTS) is 1. The maximum atomic E-state index is 11.2. The van der Waals surface area contributed by atoms with Gasteiger partial charge in [-0.2, -0.15) is 0 Å². The highest BCUT2D eigenvalue weighted by atomic mass is 16.5. The van der Waals surface area contributed by atoms with Crippen molar-refractivity contribution in [2.24, 2.45) is 0 Å². The van der Waals surface area contributed by atoms with Crippen molar-refractivity contribution in [3.8, 4) is 0 Å². The largest absolute Gasteiger partial charge is 0.481 e. The van der Waals surface area contributed by atoms with Crippen LogP contribution in [0.2, 0.25) is 0 Å². The fourth-order valence-corrected chi connectivity index (χ4v) is 1.23. The van der Waals surface area contributed by atoms with Gasteiger partial charge in [-0.05, 0) is 26.7 Å². The van der Waals surface area contributed by atoms with Crippen LogP contribution in [-0.4, -0.2) is 49.5 Å². The molecule has 0 unspecified atom stereocenters. The number of carbonyl (C=O) groups is 2. The average Bonchev–Trinajstić information content (AvgIpc) is 2.35. The molecule has 0 rings (SSSR count). The van der Waals surface area contributed by atoms with Crippen LogP contribution < -0.4 is 5.32 Å². The third kappa shape index (κ3) is 11.7. The molecular weight excluding hydrogens is 250 g/mol. The van der Waals surface area contributed by atoms with Crippen LogP contribution in [-0.2, 0) is 19.1 Å². The maximum Gasteiger partial charge on any atom is 0.303 e. The molecule has 6 heteroatoms. The molecule has 0 aromatic carbocycles. The predicted molar refractivity (Wildman–Crippen MR) is 71.0 cm³/mol. The highest BCUT2D eigenvalue weighted by molar-refractivity contribution is 5.80. The summed E-state index contributed by atoms with van der Waals surface area (Å²) in [6.07, 6.45) is 1.42. The molecule has 0 radical (unpaired) electrons. The number of carbonyl (C=O) groups excluding carboxylic acids is 1. The molecule has 0 atom stereocenters. The Morgan fingerprint density at radius 3 is 2.47 bits per heavy atom. The van der Waals surface area contributed by atoms with Gasteiger partial charge in [0.15, 0.2) is 0 Å². The fourth-order valence-electron chi connectivity index (χ4n) is 1.23. The Hall–Kier alpha value is -1.14. The summed E-state index contributed by atoms with van der Waals surface area (Å²) in [5.41, 5.74) is -0.176. The molecule has 0 aromatic heterocycles. The van der Waals surface area contributed by atoms with E-state index in [-0.39, 0.29) is 24.3 Å². The summed E-state index contributed by atoms with van der Waals surface area (Å²) in [7, 11) is 1.67. The number of methoxy groups -OCH3 is 1. The first-order chi connectivity index (χ1) is 8.87. The minimum atomic E-state index is -0.959. The lowest BCUT2D eigenvalue weighted by Crippen LogP contribution is -2.26. The van der Waals surface area contributed by atoms with Crippen molar-refractivity contribution in [3.05, 3.63) is 0 Å². The molecule has 6 nitrogen and oxygen atoms in total. The standard InChI is InChI=1S/C13H25NO5/c1-13(2,18-3)7-10-19-9-4-8-14-11(15)5-6-12(16)17/h4-10H2,1-3H3,(H,14,15)(H,16,17). The van der Waals surface area contributed by atoms with E-state index in [9.17, 15) is 9.59 Å². The molecule has 0 saturated carbocycles. The second-order valence-corrected chi connectivity index (χ2v) is 4.92. The first-order valence-corrected chi connectivity index (χ1v) is 6.49. The molecule has 2 N–H and O–H groups in total. The lowest BCUT2D eigenvalue weighted by atomic mass is 10.1. The quantitative estimate of drug-likeness (QED) is 0.553. The summed E-state index contributed by atoms with van der Waals surface area (Å²) < 4.78 is 10.7. The zero-order valence-electron chi connectivity index (χ0n) is 12.0. The van der Waals surface area contributed by atoms with Gasteiger partial charge in [-0.15, -0.1) is 0 Å². The van der Waals surface area contributed by atoms with Gasteiger partial charge in [-0.1, -0.05) is 0 Å². The van der Waals surface area contributed by atoms with Crippen LogP contribution >= 0.6 is 0 Å². The molecular formula is C13H25NO5. The average molecular weight is 275 g/mol. The lowest BCUT2D eigenvalue weighted by molar-refractivity contribution is -0.138. The van der Waals surface area contributed by atoms with Crippen molar-refractivity contribution in [1.29, 1.82) is 0 Å². The van der Waals surface area contributed by atoms with Gasteiger partial charge >= 0.3 is 5.97 Å². The van der Waals surface area contributed by atoms with Crippen LogP contribution in [0.3, 0.4) is 0 Å². The van der Waals surface area contributed by atoms with Crippen LogP contribution in [0.5, 0.6) is 0 Å². The van der Waals surface area contributed by atoms with Crippen LogP contribution in [0.15, 0.2) is 0 Å². The predicted octanol–water partition coefficient (Wildman–Crippen LogP) is 1.19. The highest BCUT2D eigenvalue weighted by Crippen LogP contribution is 2.12. The van der Waals surface area contributed by atoms with E-state index in [1.165, 1.54) is 0 Å². The molecule has 0 aliphatic rings. The van der Waals surface area contributed by atoms with Crippen molar-refractivity contribution < 1.29 is 24.2 Å². The zero-order valence-corrected chi connectivity index (χ0v) is 12.0. The summed E-state index contributed by atoms with van der Waals surface area (Å²) in [6, 6.07) is 0. The summed E-state index contributed by atoms with van der Waals surface area (Å²) >= 11 is 0. The number of hydrogen-bond acceptors (Lipinski definition) is 4. The van der Waals surface area contributed by atoms with Gasteiger partial charge < -0.3 is 19.9 Å². The smallest absolute Gasteiger partial charge is 0.303 e. The number of nitrogens with one attached hydrogen (secondary N) is 1. The van der Waals surface area contributed by atoms with Gasteiger partial charge in [0.2, 0.25) is 5.91 Å². The third-order valence-corrected chi connectivity index (χ3v) is 2.75. The Morgan fingerprint density at radius 1 is 1.21 bits per heavy atom. The molecule has 0 saturated heterocycles. The summed E-state index contributed by atoms with van der Waals surface area (Å²) in [6.45, 7) is 5.69. The third-order valence-electron chi connectivity index (χ3n) is 2.75. The molecule has 112 valence electrons. The van der Waals surface area contributed by atoms with Gasteiger partial charge in [-0.25, -0.2) is 0 Å². The van der Waals surface area contributed by atoms with Crippen LogP contribution in [0, 0.1) is 0 Å². The van der Waals surface area contributed by atoms with Gasteiger partial charge in [0.25, 0.3) is 0 Å². The number of hydrogen-bond donors (Lipinski definition) is 2.